The number of aromatic nitrogens is 1. The number of nitrogens with one attached hydrogen (secondary N) is 1. The van der Waals surface area contributed by atoms with Gasteiger partial charge in [0.2, 0.25) is 0 Å². The van der Waals surface area contributed by atoms with E-state index in [1.54, 1.807) is 0 Å². The van der Waals surface area contributed by atoms with E-state index in [4.69, 9.17) is 0 Å². The Morgan fingerprint density at radius 2 is 1.41 bits per heavy atom. The van der Waals surface area contributed by atoms with Crippen LogP contribution in [0.5, 0.6) is 5.75 Å². The normalized spacial score (nSPS) is 13.5. The minimum absolute atomic E-state index is 0.0562. The zero-order valence-corrected chi connectivity index (χ0v) is 23.0. The van der Waals surface area contributed by atoms with Crippen LogP contribution in [0.4, 0.5) is 26.3 Å². The van der Waals surface area contributed by atoms with Gasteiger partial charge in [0.1, 0.15) is 5.75 Å². The minimum Gasteiger partial charge on any atom is -0.406 e. The highest BCUT2D eigenvalue weighted by molar-refractivity contribution is 5.79. The van der Waals surface area contributed by atoms with Crippen molar-refractivity contribution in [2.75, 3.05) is 0 Å². The second-order valence-corrected chi connectivity index (χ2v) is 11.1. The number of pyridine rings is 1. The van der Waals surface area contributed by atoms with Crippen molar-refractivity contribution < 1.29 is 31.1 Å². The molecule has 4 nitrogen and oxygen atoms in total. The molecule has 3 aromatic carbocycles. The Balaban J connectivity index is 1.69. The second-order valence-electron chi connectivity index (χ2n) is 11.1. The number of aromatic amines is 1. The van der Waals surface area contributed by atoms with Crippen LogP contribution in [0, 0.1) is 0 Å². The number of fused-ring (bicyclic) bond motifs is 1. The van der Waals surface area contributed by atoms with E-state index in [0.29, 0.717) is 12.1 Å². The van der Waals surface area contributed by atoms with Crippen molar-refractivity contribution in [2.45, 2.75) is 64.8 Å². The zero-order chi connectivity index (χ0) is 30.2. The van der Waals surface area contributed by atoms with Crippen LogP contribution in [0.15, 0.2) is 77.6 Å². The first kappa shape index (κ1) is 30.2. The topological polar surface area (TPSA) is 45.3 Å². The molecule has 0 fully saturated rings. The Hall–Kier alpha value is -3.79. The van der Waals surface area contributed by atoms with Crippen molar-refractivity contribution in [3.05, 3.63) is 111 Å². The molecule has 0 aliphatic rings. The molecule has 1 atom stereocenters. The Bertz CT molecular complexity index is 1550. The van der Waals surface area contributed by atoms with Crippen LogP contribution in [-0.4, -0.2) is 16.2 Å². The summed E-state index contributed by atoms with van der Waals surface area (Å²) in [6.45, 7) is 8.58. The highest BCUT2D eigenvalue weighted by Gasteiger charge is 2.32. The molecule has 41 heavy (non-hydrogen) atoms. The van der Waals surface area contributed by atoms with Gasteiger partial charge in [0.15, 0.2) is 0 Å². The van der Waals surface area contributed by atoms with Gasteiger partial charge in [-0.1, -0.05) is 57.2 Å². The van der Waals surface area contributed by atoms with Gasteiger partial charge < -0.3 is 9.72 Å². The van der Waals surface area contributed by atoms with Gasteiger partial charge in [-0.15, -0.1) is 13.2 Å². The molecule has 0 bridgehead atoms. The number of ether oxygens (including phenoxy) is 1. The van der Waals surface area contributed by atoms with Crippen molar-refractivity contribution in [1.82, 2.24) is 9.88 Å². The zero-order valence-electron chi connectivity index (χ0n) is 23.0. The van der Waals surface area contributed by atoms with Crippen molar-refractivity contribution >= 4 is 10.9 Å². The van der Waals surface area contributed by atoms with Gasteiger partial charge in [-0.25, -0.2) is 0 Å². The molecule has 0 saturated heterocycles. The molecule has 0 unspecified atom stereocenters. The molecular formula is C31H30F6N2O2. The van der Waals surface area contributed by atoms with Crippen LogP contribution in [-0.2, 0) is 24.7 Å². The molecular weight excluding hydrogens is 546 g/mol. The number of rotatable bonds is 7. The molecule has 4 aromatic rings. The third-order valence-electron chi connectivity index (χ3n) is 6.97. The lowest BCUT2D eigenvalue weighted by Crippen LogP contribution is -2.29. The Kier molecular flexibility index (Phi) is 8.27. The van der Waals surface area contributed by atoms with Crippen molar-refractivity contribution in [1.29, 1.82) is 0 Å². The van der Waals surface area contributed by atoms with Gasteiger partial charge in [-0.2, -0.15) is 13.2 Å². The number of hydrogen-bond acceptors (Lipinski definition) is 3. The summed E-state index contributed by atoms with van der Waals surface area (Å²) < 4.78 is 81.8. The first-order valence-electron chi connectivity index (χ1n) is 12.9. The smallest absolute Gasteiger partial charge is 0.406 e. The monoisotopic (exact) mass is 576 g/mol. The predicted molar refractivity (Wildman–Crippen MR) is 145 cm³/mol. The molecule has 218 valence electrons. The lowest BCUT2D eigenvalue weighted by Gasteiger charge is -2.30. The van der Waals surface area contributed by atoms with Crippen LogP contribution < -0.4 is 10.3 Å². The molecule has 1 heterocycles. The summed E-state index contributed by atoms with van der Waals surface area (Å²) in [6, 6.07) is 17.7. The maximum Gasteiger partial charge on any atom is 0.573 e. The van der Waals surface area contributed by atoms with Crippen molar-refractivity contribution in [2.24, 2.45) is 0 Å². The van der Waals surface area contributed by atoms with Crippen LogP contribution in [0.1, 0.15) is 61.6 Å². The maximum absolute atomic E-state index is 13.3. The van der Waals surface area contributed by atoms with Crippen LogP contribution in [0.2, 0.25) is 0 Å². The Morgan fingerprint density at radius 3 is 1.98 bits per heavy atom. The number of hydrogen-bond donors (Lipinski definition) is 1. The molecule has 1 N–H and O–H groups in total. The number of alkyl halides is 6. The first-order valence-corrected chi connectivity index (χ1v) is 12.9. The molecule has 0 saturated carbocycles. The summed E-state index contributed by atoms with van der Waals surface area (Å²) >= 11 is 0. The van der Waals surface area contributed by atoms with E-state index in [1.807, 2.05) is 36.1 Å². The molecule has 0 amide bonds. The lowest BCUT2D eigenvalue weighted by atomic mass is 9.86. The largest absolute Gasteiger partial charge is 0.573 e. The number of halogens is 6. The quantitative estimate of drug-likeness (QED) is 0.224. The van der Waals surface area contributed by atoms with Crippen LogP contribution >= 0.6 is 0 Å². The average Bonchev–Trinajstić information content (AvgIpc) is 2.87. The van der Waals surface area contributed by atoms with Crippen LogP contribution in [0.3, 0.4) is 0 Å². The number of H-pyrrole nitrogens is 1. The first-order chi connectivity index (χ1) is 19.0. The van der Waals surface area contributed by atoms with Gasteiger partial charge >= 0.3 is 12.5 Å². The van der Waals surface area contributed by atoms with E-state index in [2.05, 4.69) is 30.5 Å². The van der Waals surface area contributed by atoms with Crippen molar-refractivity contribution in [3.8, 4) is 5.75 Å². The average molecular weight is 577 g/mol. The van der Waals surface area contributed by atoms with E-state index in [0.717, 1.165) is 23.3 Å². The maximum atomic E-state index is 13.3. The summed E-state index contributed by atoms with van der Waals surface area (Å²) in [5, 5.41) is 0.241. The Labute approximate surface area is 233 Å². The minimum atomic E-state index is -4.82. The fraction of sp³-hybridized carbons (Fsp3) is 0.323. The number of benzene rings is 3. The molecule has 4 rings (SSSR count). The van der Waals surface area contributed by atoms with E-state index in [9.17, 15) is 31.1 Å². The fourth-order valence-corrected chi connectivity index (χ4v) is 4.60. The SMILES string of the molecule is C[C@@H](c1ccc(OC(F)(F)F)cc1)N(Cc1ccc(C(C)(C)C)cc1)Cc1cc2cc(C(F)(F)F)ccc2[nH]c1=O. The lowest BCUT2D eigenvalue weighted by molar-refractivity contribution is -0.274. The summed E-state index contributed by atoms with van der Waals surface area (Å²) in [4.78, 5) is 17.6. The van der Waals surface area contributed by atoms with E-state index >= 15 is 0 Å². The number of nitrogens with zero attached hydrogens (tertiary/aromatic N) is 1. The molecule has 0 spiro atoms. The van der Waals surface area contributed by atoms with Gasteiger partial charge in [-0.3, -0.25) is 9.69 Å². The van der Waals surface area contributed by atoms with Crippen molar-refractivity contribution in [3.63, 3.8) is 0 Å². The fourth-order valence-electron chi connectivity index (χ4n) is 4.60. The third kappa shape index (κ3) is 7.70. The predicted octanol–water partition coefficient (Wildman–Crippen LogP) is 8.51. The standard InChI is InChI=1S/C31H30F6N2O2/c1-19(21-7-12-26(13-8-21)41-31(35,36)37)39(17-20-5-9-24(10-6-20)29(2,3)4)18-23-15-22-16-25(30(32,33)34)11-14-27(22)38-28(23)40/h5-16,19H,17-18H2,1-4H3,(H,38,40)/t19-/m0/s1. The summed E-state index contributed by atoms with van der Waals surface area (Å²) in [5.74, 6) is -0.357. The third-order valence-corrected chi connectivity index (χ3v) is 6.97. The molecule has 0 radical (unpaired) electrons. The van der Waals surface area contributed by atoms with Gasteiger partial charge in [-0.05, 0) is 70.8 Å². The summed E-state index contributed by atoms with van der Waals surface area (Å²) in [7, 11) is 0. The van der Waals surface area contributed by atoms with Gasteiger partial charge in [0, 0.05) is 30.2 Å². The van der Waals surface area contributed by atoms with Gasteiger partial charge in [0.25, 0.3) is 5.56 Å². The molecule has 0 aliphatic heterocycles. The summed E-state index contributed by atoms with van der Waals surface area (Å²) in [6.07, 6.45) is -9.35. The summed E-state index contributed by atoms with van der Waals surface area (Å²) in [5.41, 5.74) is 1.95. The Morgan fingerprint density at radius 1 is 0.805 bits per heavy atom. The highest BCUT2D eigenvalue weighted by Crippen LogP contribution is 2.32. The second kappa shape index (κ2) is 11.2. The molecule has 10 heteroatoms. The van der Waals surface area contributed by atoms with Gasteiger partial charge in [0.05, 0.1) is 5.56 Å². The van der Waals surface area contributed by atoms with E-state index in [1.165, 1.54) is 36.4 Å². The van der Waals surface area contributed by atoms with Crippen LogP contribution in [0.25, 0.3) is 10.9 Å². The molecule has 1 aromatic heterocycles. The highest BCUT2D eigenvalue weighted by atomic mass is 19.4. The van der Waals surface area contributed by atoms with E-state index < -0.39 is 23.7 Å². The van der Waals surface area contributed by atoms with E-state index in [-0.39, 0.29) is 40.2 Å². The molecule has 0 aliphatic carbocycles.